The summed E-state index contributed by atoms with van der Waals surface area (Å²) in [5.74, 6) is 0.501. The normalized spacial score (nSPS) is 11.7. The number of hydrogen-bond donors (Lipinski definition) is 2. The summed E-state index contributed by atoms with van der Waals surface area (Å²) >= 11 is 1.45. The lowest BCUT2D eigenvalue weighted by atomic mass is 10.1. The Balaban J connectivity index is 1.37. The molecule has 0 unspecified atom stereocenters. The molecule has 0 fully saturated rings. The molecule has 0 saturated carbocycles. The van der Waals surface area contributed by atoms with Gasteiger partial charge in [0.1, 0.15) is 5.75 Å². The van der Waals surface area contributed by atoms with Crippen LogP contribution in [-0.2, 0) is 9.59 Å². The molecule has 3 aromatic rings. The molecule has 0 aliphatic heterocycles. The van der Waals surface area contributed by atoms with E-state index in [-0.39, 0.29) is 24.5 Å². The van der Waals surface area contributed by atoms with Crippen molar-refractivity contribution in [1.29, 1.82) is 0 Å². The van der Waals surface area contributed by atoms with Gasteiger partial charge in [0, 0.05) is 4.90 Å². The number of amides is 2. The first-order valence-electron chi connectivity index (χ1n) is 10.2. The number of thioether (sulfide) groups is 1. The minimum absolute atomic E-state index is 0.0697. The average Bonchev–Trinajstić information content (AvgIpc) is 2.83. The Morgan fingerprint density at radius 3 is 2.28 bits per heavy atom. The summed E-state index contributed by atoms with van der Waals surface area (Å²) in [6.07, 6.45) is 1.56. The lowest BCUT2D eigenvalue weighted by Crippen LogP contribution is -2.31. The van der Waals surface area contributed by atoms with Crippen LogP contribution < -0.4 is 15.5 Å². The summed E-state index contributed by atoms with van der Waals surface area (Å²) in [6.45, 7) is 1.86. The van der Waals surface area contributed by atoms with Gasteiger partial charge in [0.25, 0.3) is 5.91 Å². The molecule has 0 aromatic heterocycles. The first kappa shape index (κ1) is 23.1. The molecule has 0 bridgehead atoms. The van der Waals surface area contributed by atoms with Crippen LogP contribution in [0, 0.1) is 0 Å². The van der Waals surface area contributed by atoms with Gasteiger partial charge in [-0.25, -0.2) is 5.43 Å². The Kier molecular flexibility index (Phi) is 8.89. The zero-order valence-corrected chi connectivity index (χ0v) is 18.5. The van der Waals surface area contributed by atoms with E-state index in [4.69, 9.17) is 4.74 Å². The van der Waals surface area contributed by atoms with E-state index in [0.717, 1.165) is 16.0 Å². The Hall–Kier alpha value is -3.58. The first-order valence-corrected chi connectivity index (χ1v) is 11.2. The third-order valence-corrected chi connectivity index (χ3v) is 5.46. The fraction of sp³-hybridized carbons (Fsp3) is 0.160. The molecule has 0 heterocycles. The van der Waals surface area contributed by atoms with E-state index < -0.39 is 0 Å². The molecule has 3 aromatic carbocycles. The summed E-state index contributed by atoms with van der Waals surface area (Å²) in [7, 11) is 0. The van der Waals surface area contributed by atoms with Crippen molar-refractivity contribution in [3.05, 3.63) is 96.1 Å². The maximum absolute atomic E-state index is 12.1. The molecule has 3 rings (SSSR count). The van der Waals surface area contributed by atoms with Gasteiger partial charge in [0.15, 0.2) is 6.61 Å². The summed E-state index contributed by atoms with van der Waals surface area (Å²) in [5.41, 5.74) is 4.35. The van der Waals surface area contributed by atoms with Crippen molar-refractivity contribution in [2.24, 2.45) is 5.10 Å². The zero-order chi connectivity index (χ0) is 22.6. The molecule has 1 atom stereocenters. The quantitative estimate of drug-likeness (QED) is 0.278. The predicted molar refractivity (Wildman–Crippen MR) is 128 cm³/mol. The number of hydrazone groups is 1. The van der Waals surface area contributed by atoms with Crippen molar-refractivity contribution in [3.63, 3.8) is 0 Å². The second kappa shape index (κ2) is 12.3. The molecule has 32 heavy (non-hydrogen) atoms. The van der Waals surface area contributed by atoms with E-state index in [1.807, 2.05) is 67.6 Å². The Bertz CT molecular complexity index is 1030. The molecule has 0 aliphatic carbocycles. The molecule has 6 nitrogen and oxygen atoms in total. The van der Waals surface area contributed by atoms with Crippen LogP contribution in [0.2, 0.25) is 0 Å². The molecule has 164 valence electrons. The summed E-state index contributed by atoms with van der Waals surface area (Å²) in [6, 6.07) is 26.5. The molecule has 0 radical (unpaired) electrons. The topological polar surface area (TPSA) is 79.8 Å². The standard InChI is InChI=1S/C25H25N3O3S/c1-19(21-8-4-2-5-9-21)27-24(29)17-31-22-14-12-20(13-15-22)16-26-28-25(30)18-32-23-10-6-3-7-11-23/h2-16,19H,17-18H2,1H3,(H,27,29)(H,28,30)/b26-16-/t19-/m0/s1. The van der Waals surface area contributed by atoms with E-state index in [1.54, 1.807) is 30.5 Å². The number of carbonyl (C=O) groups excluding carboxylic acids is 2. The maximum Gasteiger partial charge on any atom is 0.258 e. The number of benzene rings is 3. The highest BCUT2D eigenvalue weighted by Gasteiger charge is 2.09. The summed E-state index contributed by atoms with van der Waals surface area (Å²) < 4.78 is 5.55. The molecular formula is C25H25N3O3S. The fourth-order valence-electron chi connectivity index (χ4n) is 2.78. The van der Waals surface area contributed by atoms with E-state index in [1.165, 1.54) is 11.8 Å². The van der Waals surface area contributed by atoms with Crippen LogP contribution >= 0.6 is 11.8 Å². The van der Waals surface area contributed by atoms with E-state index in [9.17, 15) is 9.59 Å². The van der Waals surface area contributed by atoms with Crippen molar-refractivity contribution < 1.29 is 14.3 Å². The second-order valence-corrected chi connectivity index (χ2v) is 8.00. The van der Waals surface area contributed by atoms with Gasteiger partial charge < -0.3 is 10.1 Å². The highest BCUT2D eigenvalue weighted by molar-refractivity contribution is 8.00. The van der Waals surface area contributed by atoms with Crippen molar-refractivity contribution >= 4 is 29.8 Å². The number of ether oxygens (including phenoxy) is 1. The van der Waals surface area contributed by atoms with Crippen LogP contribution in [0.1, 0.15) is 24.1 Å². The number of hydrogen-bond acceptors (Lipinski definition) is 5. The Morgan fingerprint density at radius 2 is 1.59 bits per heavy atom. The monoisotopic (exact) mass is 447 g/mol. The van der Waals surface area contributed by atoms with Crippen LogP contribution in [0.25, 0.3) is 0 Å². The van der Waals surface area contributed by atoms with Crippen LogP contribution in [0.15, 0.2) is 94.9 Å². The van der Waals surface area contributed by atoms with Gasteiger partial charge in [0.05, 0.1) is 18.0 Å². The van der Waals surface area contributed by atoms with Crippen LogP contribution in [0.4, 0.5) is 0 Å². The Morgan fingerprint density at radius 1 is 0.938 bits per heavy atom. The SMILES string of the molecule is C[C@H](NC(=O)COc1ccc(/C=N\NC(=O)CSc2ccccc2)cc1)c1ccccc1. The van der Waals surface area contributed by atoms with Crippen LogP contribution in [-0.4, -0.2) is 30.4 Å². The van der Waals surface area contributed by atoms with Crippen LogP contribution in [0.3, 0.4) is 0 Å². The minimum Gasteiger partial charge on any atom is -0.484 e. The van der Waals surface area contributed by atoms with Gasteiger partial charge >= 0.3 is 0 Å². The third-order valence-electron chi connectivity index (χ3n) is 4.44. The average molecular weight is 448 g/mol. The summed E-state index contributed by atoms with van der Waals surface area (Å²) in [5, 5.41) is 6.89. The second-order valence-electron chi connectivity index (χ2n) is 6.95. The molecule has 0 spiro atoms. The van der Waals surface area contributed by atoms with Gasteiger partial charge in [-0.3, -0.25) is 9.59 Å². The van der Waals surface area contributed by atoms with Crippen molar-refractivity contribution in [3.8, 4) is 5.75 Å². The number of rotatable bonds is 10. The number of nitrogens with zero attached hydrogens (tertiary/aromatic N) is 1. The molecule has 0 aliphatic rings. The van der Waals surface area contributed by atoms with Gasteiger partial charge in [0.2, 0.25) is 5.91 Å². The highest BCUT2D eigenvalue weighted by atomic mass is 32.2. The molecular weight excluding hydrogens is 422 g/mol. The maximum atomic E-state index is 12.1. The molecule has 7 heteroatoms. The molecule has 2 amide bonds. The predicted octanol–water partition coefficient (Wildman–Crippen LogP) is 4.19. The van der Waals surface area contributed by atoms with Gasteiger partial charge in [-0.05, 0) is 54.4 Å². The number of nitrogens with one attached hydrogen (secondary N) is 2. The van der Waals surface area contributed by atoms with Crippen molar-refractivity contribution in [2.75, 3.05) is 12.4 Å². The third kappa shape index (κ3) is 7.92. The first-order chi connectivity index (χ1) is 15.6. The van der Waals surface area contributed by atoms with Gasteiger partial charge in [-0.1, -0.05) is 48.5 Å². The highest BCUT2D eigenvalue weighted by Crippen LogP contribution is 2.16. The summed E-state index contributed by atoms with van der Waals surface area (Å²) in [4.78, 5) is 25.0. The number of carbonyl (C=O) groups is 2. The van der Waals surface area contributed by atoms with E-state index in [2.05, 4.69) is 15.8 Å². The lowest BCUT2D eigenvalue weighted by Gasteiger charge is -2.14. The van der Waals surface area contributed by atoms with Crippen molar-refractivity contribution in [1.82, 2.24) is 10.7 Å². The van der Waals surface area contributed by atoms with Crippen LogP contribution in [0.5, 0.6) is 5.75 Å². The van der Waals surface area contributed by atoms with E-state index in [0.29, 0.717) is 11.5 Å². The minimum atomic E-state index is -0.192. The van der Waals surface area contributed by atoms with E-state index >= 15 is 0 Å². The zero-order valence-electron chi connectivity index (χ0n) is 17.7. The fourth-order valence-corrected chi connectivity index (χ4v) is 3.50. The Labute approximate surface area is 192 Å². The van der Waals surface area contributed by atoms with Gasteiger partial charge in [-0.15, -0.1) is 11.8 Å². The molecule has 0 saturated heterocycles. The van der Waals surface area contributed by atoms with Crippen molar-refractivity contribution in [2.45, 2.75) is 17.9 Å². The van der Waals surface area contributed by atoms with Gasteiger partial charge in [-0.2, -0.15) is 5.10 Å². The molecule has 2 N–H and O–H groups in total. The smallest absolute Gasteiger partial charge is 0.258 e. The lowest BCUT2D eigenvalue weighted by molar-refractivity contribution is -0.123. The largest absolute Gasteiger partial charge is 0.484 e.